The molecule has 1 aromatic carbocycles. The summed E-state index contributed by atoms with van der Waals surface area (Å²) in [5.74, 6) is -0.197. The van der Waals surface area contributed by atoms with Gasteiger partial charge in [-0.05, 0) is 46.8 Å². The molecule has 5 aliphatic rings. The molecule has 22 nitrogen and oxygen atoms in total. The van der Waals surface area contributed by atoms with Gasteiger partial charge in [-0.2, -0.15) is 0 Å². The van der Waals surface area contributed by atoms with Crippen LogP contribution in [0.2, 0.25) is 0 Å². The van der Waals surface area contributed by atoms with Gasteiger partial charge in [-0.25, -0.2) is 0 Å². The Morgan fingerprint density at radius 3 is 1.33 bits per heavy atom. The Labute approximate surface area is 382 Å². The Bertz CT molecular complexity index is 1570. The number of hydrogen-bond acceptors (Lipinski definition) is 22. The van der Waals surface area contributed by atoms with Crippen molar-refractivity contribution in [2.24, 2.45) is 23.2 Å². The molecule has 3 saturated heterocycles. The molecule has 0 amide bonds. The minimum Gasteiger partial charge on any atom is -0.396 e. The third-order valence-electron chi connectivity index (χ3n) is 12.3. The molecule has 1 aromatic rings. The van der Waals surface area contributed by atoms with Crippen LogP contribution in [0.15, 0.2) is 60.7 Å². The Morgan fingerprint density at radius 1 is 0.530 bits per heavy atom. The highest BCUT2D eigenvalue weighted by Gasteiger charge is 2.48. The summed E-state index contributed by atoms with van der Waals surface area (Å²) in [5, 5.41) is 169. The van der Waals surface area contributed by atoms with E-state index >= 15 is 0 Å². The second-order valence-electron chi connectivity index (χ2n) is 17.9. The third-order valence-corrected chi connectivity index (χ3v) is 12.3. The summed E-state index contributed by atoms with van der Waals surface area (Å²) in [7, 11) is 0. The molecular formula is C44H72O22. The second kappa shape index (κ2) is 26.5. The van der Waals surface area contributed by atoms with E-state index in [0.717, 1.165) is 16.7 Å². The van der Waals surface area contributed by atoms with Gasteiger partial charge in [0.1, 0.15) is 79.4 Å². The molecule has 2 aliphatic carbocycles. The highest BCUT2D eigenvalue weighted by atomic mass is 16.7. The van der Waals surface area contributed by atoms with Crippen molar-refractivity contribution in [3.05, 3.63) is 71.8 Å². The fraction of sp³-hybridized carbons (Fsp3) is 0.727. The van der Waals surface area contributed by atoms with Crippen LogP contribution in [0.3, 0.4) is 0 Å². The number of allylic oxidation sites excluding steroid dienone is 5. The van der Waals surface area contributed by atoms with E-state index in [4.69, 9.17) is 60.5 Å². The number of aliphatic hydroxyl groups is 18. The fourth-order valence-corrected chi connectivity index (χ4v) is 7.89. The third kappa shape index (κ3) is 15.5. The van der Waals surface area contributed by atoms with Gasteiger partial charge < -0.3 is 111 Å². The lowest BCUT2D eigenvalue weighted by Gasteiger charge is -2.47. The fourth-order valence-electron chi connectivity index (χ4n) is 7.89. The molecule has 20 atom stereocenters. The minimum atomic E-state index is -1.60. The van der Waals surface area contributed by atoms with Crippen molar-refractivity contribution in [3.63, 3.8) is 0 Å². The summed E-state index contributed by atoms with van der Waals surface area (Å²) in [5.41, 5.74) is 2.55. The Balaban J connectivity index is 0.000000290. The van der Waals surface area contributed by atoms with E-state index < -0.39 is 135 Å². The molecule has 3 heterocycles. The second-order valence-corrected chi connectivity index (χ2v) is 17.9. The first kappa shape index (κ1) is 57.9. The smallest absolute Gasteiger partial charge is 0.184 e. The predicted molar refractivity (Wildman–Crippen MR) is 228 cm³/mol. The molecule has 22 heteroatoms. The normalized spacial score (nSPS) is 40.5. The van der Waals surface area contributed by atoms with Crippen LogP contribution in [0.4, 0.5) is 0 Å². The van der Waals surface area contributed by atoms with E-state index in [2.05, 4.69) is 35.1 Å². The first-order valence-electron chi connectivity index (χ1n) is 21.6. The quantitative estimate of drug-likeness (QED) is 0.104. The first-order valence-corrected chi connectivity index (χ1v) is 21.6. The average Bonchev–Trinajstić information content (AvgIpc) is 3.29. The lowest BCUT2D eigenvalue weighted by molar-refractivity contribution is -0.289. The molecule has 380 valence electrons. The molecule has 66 heavy (non-hydrogen) atoms. The number of rotatable bonds is 10. The van der Waals surface area contributed by atoms with Gasteiger partial charge in [0.05, 0.1) is 38.6 Å². The van der Waals surface area contributed by atoms with Gasteiger partial charge >= 0.3 is 0 Å². The van der Waals surface area contributed by atoms with Crippen LogP contribution in [0.5, 0.6) is 0 Å². The van der Waals surface area contributed by atoms with E-state index in [0.29, 0.717) is 18.8 Å². The van der Waals surface area contributed by atoms with Crippen molar-refractivity contribution in [3.8, 4) is 0 Å². The van der Waals surface area contributed by atoms with Crippen LogP contribution in [0.25, 0.3) is 0 Å². The van der Waals surface area contributed by atoms with E-state index in [1.165, 1.54) is 0 Å². The van der Waals surface area contributed by atoms with Gasteiger partial charge in [-0.15, -0.1) is 0 Å². The van der Waals surface area contributed by atoms with Crippen molar-refractivity contribution in [1.29, 1.82) is 0 Å². The van der Waals surface area contributed by atoms with Crippen molar-refractivity contribution < 1.29 is 111 Å². The zero-order chi connectivity index (χ0) is 49.8. The van der Waals surface area contributed by atoms with Crippen LogP contribution in [0.1, 0.15) is 38.3 Å². The summed E-state index contributed by atoms with van der Waals surface area (Å²) >= 11 is 0. The molecular weight excluding hydrogens is 880 g/mol. The van der Waals surface area contributed by atoms with Crippen molar-refractivity contribution in [2.75, 3.05) is 26.4 Å². The largest absolute Gasteiger partial charge is 0.396 e. The van der Waals surface area contributed by atoms with E-state index in [1.54, 1.807) is 0 Å². The van der Waals surface area contributed by atoms with Gasteiger partial charge in [-0.1, -0.05) is 75.9 Å². The maximum atomic E-state index is 10.6. The summed E-state index contributed by atoms with van der Waals surface area (Å²) in [4.78, 5) is 0. The van der Waals surface area contributed by atoms with Crippen molar-refractivity contribution >= 4 is 0 Å². The molecule has 4 fully saturated rings. The monoisotopic (exact) mass is 952 g/mol. The highest BCUT2D eigenvalue weighted by Crippen LogP contribution is 2.43. The molecule has 0 bridgehead atoms. The molecule has 3 aliphatic heterocycles. The molecule has 6 rings (SSSR count). The Kier molecular flexibility index (Phi) is 23.3. The zero-order valence-electron chi connectivity index (χ0n) is 37.1. The summed E-state index contributed by atoms with van der Waals surface area (Å²) < 4.78 is 19.8. The van der Waals surface area contributed by atoms with Crippen LogP contribution in [-0.4, -0.2) is 229 Å². The molecule has 0 spiro atoms. The van der Waals surface area contributed by atoms with Gasteiger partial charge in [0.25, 0.3) is 0 Å². The summed E-state index contributed by atoms with van der Waals surface area (Å²) in [6.45, 7) is 8.72. The molecule has 1 saturated carbocycles. The summed E-state index contributed by atoms with van der Waals surface area (Å²) in [6.07, 6.45) is -15.3. The molecule has 0 aromatic heterocycles. The number of hydrogen-bond donors (Lipinski definition) is 18. The number of aliphatic hydroxyl groups excluding tert-OH is 18. The van der Waals surface area contributed by atoms with Gasteiger partial charge in [0.15, 0.2) is 18.9 Å². The van der Waals surface area contributed by atoms with E-state index in [1.807, 2.05) is 50.3 Å². The van der Waals surface area contributed by atoms with Gasteiger partial charge in [0.2, 0.25) is 0 Å². The van der Waals surface area contributed by atoms with Crippen LogP contribution < -0.4 is 0 Å². The Hall–Kier alpha value is -2.44. The predicted octanol–water partition coefficient (Wildman–Crippen LogP) is -5.86. The topological polar surface area (TPSA) is 401 Å². The molecule has 11 unspecified atom stereocenters. The minimum absolute atomic E-state index is 0.0867. The molecule has 0 radical (unpaired) electrons. The Morgan fingerprint density at radius 2 is 0.924 bits per heavy atom. The van der Waals surface area contributed by atoms with E-state index in [-0.39, 0.29) is 25.7 Å². The summed E-state index contributed by atoms with van der Waals surface area (Å²) in [6, 6.07) is 7.62. The van der Waals surface area contributed by atoms with Crippen LogP contribution >= 0.6 is 0 Å². The molecule has 18 N–H and O–H groups in total. The van der Waals surface area contributed by atoms with Crippen LogP contribution in [-0.2, 0) is 32.0 Å². The lowest BCUT2D eigenvalue weighted by atomic mass is 9.63. The lowest BCUT2D eigenvalue weighted by Crippen LogP contribution is -2.58. The highest BCUT2D eigenvalue weighted by molar-refractivity contribution is 5.32. The SMILES string of the molecule is C=C1C=CC(C)C=C1.CC(C)(Cc1ccc(COCC2OC(O)C(O)[C@@H](O)[C@@H]2O)cc1)[C@H]1CC(CO)[C@@H](O)[C@H](O)C1O.OCC1OC(O)C(O)[C@@H](O)[C@@H]1O.OCC1OC(O)C(O)[C@@H](O)[C@@H]1O. The maximum absolute atomic E-state index is 10.6. The van der Waals surface area contributed by atoms with Gasteiger partial charge in [0, 0.05) is 12.5 Å². The van der Waals surface area contributed by atoms with Crippen molar-refractivity contribution in [1.82, 2.24) is 0 Å². The number of ether oxygens (including phenoxy) is 4. The zero-order valence-corrected chi connectivity index (χ0v) is 37.1. The van der Waals surface area contributed by atoms with E-state index in [9.17, 15) is 40.9 Å². The average molecular weight is 953 g/mol. The maximum Gasteiger partial charge on any atom is 0.184 e. The van der Waals surface area contributed by atoms with Crippen molar-refractivity contribution in [2.45, 2.75) is 151 Å². The first-order chi connectivity index (χ1) is 30.9. The van der Waals surface area contributed by atoms with Gasteiger partial charge in [-0.3, -0.25) is 0 Å². The number of benzene rings is 1. The van der Waals surface area contributed by atoms with Crippen LogP contribution in [0, 0.1) is 23.2 Å². The standard InChI is InChI=1S/C24H38O10.C8H10.2C6H12O6/c1-24(2,15-7-14(9-25)17(26)20(29)18(15)27)8-12-3-5-13(6-4-12)10-33-11-16-19(28)21(30)22(31)23(32)34-16;1-7-3-5-8(2)6-4-7;2*7-1-2-3(8)4(9)5(10)6(11)12-2/h3-6,14-23,25-32H,7-11H2,1-2H3;3-6,8H,1H2,2H3;2*2-11H,1H2/t14?,15-,16?,17+,18?,19+,20-,21-,22?,23?;;2*2?,3-,4+,5?,6?/m0.11/s1.